The van der Waals surface area contributed by atoms with Crippen LogP contribution in [-0.4, -0.2) is 32.2 Å². The number of ether oxygens (including phenoxy) is 3. The molecule has 0 aliphatic rings. The molecule has 0 atom stereocenters. The van der Waals surface area contributed by atoms with Gasteiger partial charge in [-0.25, -0.2) is 4.98 Å². The molecule has 29 heavy (non-hydrogen) atoms. The normalized spacial score (nSPS) is 10.5. The topological polar surface area (TPSA) is 69.7 Å². The van der Waals surface area contributed by atoms with E-state index in [2.05, 4.69) is 10.3 Å². The standard InChI is InChI=1S/C21H21ClN2O4S/c1-26-17-10-6-14(19(27-2)20(17)28-3)7-11-18(25)24-21-23-16(12-29-21)13-4-8-15(22)9-5-13/h4-6,8-10,12H,7,11H2,1-3H3,(H,23,24,25). The fraction of sp³-hybridized carbons (Fsp3) is 0.238. The molecule has 1 aromatic heterocycles. The minimum absolute atomic E-state index is 0.126. The lowest BCUT2D eigenvalue weighted by atomic mass is 10.1. The first kappa shape index (κ1) is 21.0. The maximum absolute atomic E-state index is 12.4. The number of hydrogen-bond donors (Lipinski definition) is 1. The van der Waals surface area contributed by atoms with Gasteiger partial charge in [0.2, 0.25) is 11.7 Å². The Morgan fingerprint density at radius 1 is 1.03 bits per heavy atom. The molecule has 0 saturated carbocycles. The van der Waals surface area contributed by atoms with Crippen LogP contribution in [0.3, 0.4) is 0 Å². The van der Waals surface area contributed by atoms with Crippen molar-refractivity contribution < 1.29 is 19.0 Å². The zero-order valence-corrected chi connectivity index (χ0v) is 17.9. The number of rotatable bonds is 8. The van der Waals surface area contributed by atoms with Crippen molar-refractivity contribution in [3.8, 4) is 28.5 Å². The summed E-state index contributed by atoms with van der Waals surface area (Å²) < 4.78 is 16.1. The molecule has 0 aliphatic heterocycles. The van der Waals surface area contributed by atoms with Crippen molar-refractivity contribution in [2.24, 2.45) is 0 Å². The number of carbonyl (C=O) groups is 1. The number of aromatic nitrogens is 1. The number of halogens is 1. The molecule has 0 bridgehead atoms. The van der Waals surface area contributed by atoms with Gasteiger partial charge in [-0.3, -0.25) is 4.79 Å². The van der Waals surface area contributed by atoms with E-state index in [9.17, 15) is 4.79 Å². The van der Waals surface area contributed by atoms with Crippen molar-refractivity contribution in [3.05, 3.63) is 52.4 Å². The van der Waals surface area contributed by atoms with Gasteiger partial charge in [0.1, 0.15) is 0 Å². The first-order valence-electron chi connectivity index (χ1n) is 8.85. The van der Waals surface area contributed by atoms with Gasteiger partial charge in [0.25, 0.3) is 0 Å². The second-order valence-corrected chi connectivity index (χ2v) is 7.38. The van der Waals surface area contributed by atoms with Gasteiger partial charge in [-0.2, -0.15) is 0 Å². The summed E-state index contributed by atoms with van der Waals surface area (Å²) in [4.78, 5) is 16.9. The van der Waals surface area contributed by atoms with Crippen LogP contribution in [0.5, 0.6) is 17.2 Å². The molecule has 0 spiro atoms. The Labute approximate surface area is 178 Å². The predicted molar refractivity (Wildman–Crippen MR) is 116 cm³/mol. The predicted octanol–water partition coefficient (Wildman–Crippen LogP) is 5.06. The average molecular weight is 433 g/mol. The Bertz CT molecular complexity index is 989. The fourth-order valence-corrected chi connectivity index (χ4v) is 3.74. The maximum Gasteiger partial charge on any atom is 0.226 e. The summed E-state index contributed by atoms with van der Waals surface area (Å²) in [7, 11) is 4.68. The van der Waals surface area contributed by atoms with Gasteiger partial charge in [0, 0.05) is 22.4 Å². The summed E-state index contributed by atoms with van der Waals surface area (Å²) in [5.41, 5.74) is 2.60. The Morgan fingerprint density at radius 2 is 1.76 bits per heavy atom. The summed E-state index contributed by atoms with van der Waals surface area (Å²) in [5, 5.41) is 5.97. The number of anilines is 1. The van der Waals surface area contributed by atoms with Crippen LogP contribution in [0.25, 0.3) is 11.3 Å². The SMILES string of the molecule is COc1ccc(CCC(=O)Nc2nc(-c3ccc(Cl)cc3)cs2)c(OC)c1OC. The molecule has 1 heterocycles. The smallest absolute Gasteiger partial charge is 0.226 e. The lowest BCUT2D eigenvalue weighted by Gasteiger charge is -2.15. The van der Waals surface area contributed by atoms with Gasteiger partial charge in [-0.1, -0.05) is 29.8 Å². The highest BCUT2D eigenvalue weighted by Crippen LogP contribution is 2.40. The van der Waals surface area contributed by atoms with Crippen LogP contribution in [-0.2, 0) is 11.2 Å². The zero-order chi connectivity index (χ0) is 20.8. The minimum Gasteiger partial charge on any atom is -0.493 e. The van der Waals surface area contributed by atoms with E-state index in [4.69, 9.17) is 25.8 Å². The van der Waals surface area contributed by atoms with E-state index in [0.29, 0.717) is 33.8 Å². The number of aryl methyl sites for hydroxylation is 1. The second-order valence-electron chi connectivity index (χ2n) is 6.09. The van der Waals surface area contributed by atoms with Crippen molar-refractivity contribution in [2.45, 2.75) is 12.8 Å². The molecule has 8 heteroatoms. The molecule has 3 aromatic rings. The van der Waals surface area contributed by atoms with E-state index >= 15 is 0 Å². The molecule has 2 aromatic carbocycles. The molecule has 1 N–H and O–H groups in total. The largest absolute Gasteiger partial charge is 0.493 e. The summed E-state index contributed by atoms with van der Waals surface area (Å²) in [6.07, 6.45) is 0.770. The van der Waals surface area contributed by atoms with Crippen LogP contribution in [0.4, 0.5) is 5.13 Å². The number of carbonyl (C=O) groups excluding carboxylic acids is 1. The molecule has 6 nitrogen and oxygen atoms in total. The van der Waals surface area contributed by atoms with Gasteiger partial charge >= 0.3 is 0 Å². The summed E-state index contributed by atoms with van der Waals surface area (Å²) in [6.45, 7) is 0. The molecule has 0 aliphatic carbocycles. The second kappa shape index (κ2) is 9.62. The third-order valence-electron chi connectivity index (χ3n) is 4.30. The average Bonchev–Trinajstić information content (AvgIpc) is 3.20. The van der Waals surface area contributed by atoms with Crippen LogP contribution in [0.15, 0.2) is 41.8 Å². The molecule has 0 saturated heterocycles. The Hall–Kier alpha value is -2.77. The van der Waals surface area contributed by atoms with Crippen molar-refractivity contribution in [2.75, 3.05) is 26.6 Å². The molecule has 1 amide bonds. The summed E-state index contributed by atoms with van der Waals surface area (Å²) >= 11 is 7.30. The molecular formula is C21H21ClN2O4S. The number of nitrogens with one attached hydrogen (secondary N) is 1. The van der Waals surface area contributed by atoms with Crippen LogP contribution >= 0.6 is 22.9 Å². The van der Waals surface area contributed by atoms with E-state index in [1.54, 1.807) is 27.4 Å². The number of benzene rings is 2. The van der Waals surface area contributed by atoms with E-state index in [1.807, 2.05) is 35.7 Å². The van der Waals surface area contributed by atoms with Crippen LogP contribution < -0.4 is 19.5 Å². The molecule has 3 rings (SSSR count). The molecule has 0 fully saturated rings. The number of hydrogen-bond acceptors (Lipinski definition) is 6. The number of nitrogens with zero attached hydrogens (tertiary/aromatic N) is 1. The van der Waals surface area contributed by atoms with Gasteiger partial charge in [0.15, 0.2) is 16.6 Å². The van der Waals surface area contributed by atoms with Crippen molar-refractivity contribution in [3.63, 3.8) is 0 Å². The molecule has 152 valence electrons. The third-order valence-corrected chi connectivity index (χ3v) is 5.31. The number of methoxy groups -OCH3 is 3. The zero-order valence-electron chi connectivity index (χ0n) is 16.3. The summed E-state index contributed by atoms with van der Waals surface area (Å²) in [6, 6.07) is 11.1. The quantitative estimate of drug-likeness (QED) is 0.538. The molecule has 0 radical (unpaired) electrons. The Balaban J connectivity index is 1.64. The number of thiazole rings is 1. The van der Waals surface area contributed by atoms with Gasteiger partial charge in [-0.15, -0.1) is 11.3 Å². The van der Waals surface area contributed by atoms with Gasteiger partial charge in [-0.05, 0) is 30.2 Å². The molecule has 0 unspecified atom stereocenters. The van der Waals surface area contributed by atoms with E-state index in [1.165, 1.54) is 11.3 Å². The van der Waals surface area contributed by atoms with E-state index in [-0.39, 0.29) is 12.3 Å². The monoisotopic (exact) mass is 432 g/mol. The highest BCUT2D eigenvalue weighted by Gasteiger charge is 2.17. The van der Waals surface area contributed by atoms with Crippen LogP contribution in [0, 0.1) is 0 Å². The van der Waals surface area contributed by atoms with Crippen molar-refractivity contribution >= 4 is 34.0 Å². The van der Waals surface area contributed by atoms with Crippen LogP contribution in [0.2, 0.25) is 5.02 Å². The minimum atomic E-state index is -0.126. The lowest BCUT2D eigenvalue weighted by Crippen LogP contribution is -2.12. The van der Waals surface area contributed by atoms with Gasteiger partial charge < -0.3 is 19.5 Å². The van der Waals surface area contributed by atoms with Gasteiger partial charge in [0.05, 0.1) is 27.0 Å². The highest BCUT2D eigenvalue weighted by molar-refractivity contribution is 7.14. The first-order chi connectivity index (χ1) is 14.0. The third kappa shape index (κ3) is 4.99. The first-order valence-corrected chi connectivity index (χ1v) is 10.1. The van der Waals surface area contributed by atoms with Crippen LogP contribution in [0.1, 0.15) is 12.0 Å². The molecular weight excluding hydrogens is 412 g/mol. The van der Waals surface area contributed by atoms with Crippen molar-refractivity contribution in [1.82, 2.24) is 4.98 Å². The maximum atomic E-state index is 12.4. The lowest BCUT2D eigenvalue weighted by molar-refractivity contribution is -0.116. The van der Waals surface area contributed by atoms with E-state index in [0.717, 1.165) is 16.8 Å². The van der Waals surface area contributed by atoms with E-state index < -0.39 is 0 Å². The number of amides is 1. The highest BCUT2D eigenvalue weighted by atomic mass is 35.5. The summed E-state index contributed by atoms with van der Waals surface area (Å²) in [5.74, 6) is 1.54. The Morgan fingerprint density at radius 3 is 2.41 bits per heavy atom. The Kier molecular flexibility index (Phi) is 6.95. The van der Waals surface area contributed by atoms with Crippen molar-refractivity contribution in [1.29, 1.82) is 0 Å². The fourth-order valence-electron chi connectivity index (χ4n) is 2.87.